The summed E-state index contributed by atoms with van der Waals surface area (Å²) in [5.74, 6) is 3.61. The molecule has 0 aromatic heterocycles. The monoisotopic (exact) mass is 289 g/mol. The minimum Gasteiger partial charge on any atom is -0.497 e. The number of nitrogens with zero attached hydrogens (tertiary/aromatic N) is 1. The van der Waals surface area contributed by atoms with Crippen molar-refractivity contribution < 1.29 is 9.84 Å². The molecule has 3 nitrogen and oxygen atoms in total. The Hall–Kier alpha value is -1.06. The summed E-state index contributed by atoms with van der Waals surface area (Å²) < 4.78 is 5.23. The maximum Gasteiger partial charge on any atom is 0.119 e. The second kappa shape index (κ2) is 6.37. The van der Waals surface area contributed by atoms with Gasteiger partial charge in [0.15, 0.2) is 0 Å². The number of benzene rings is 1. The van der Waals surface area contributed by atoms with Gasteiger partial charge in [-0.25, -0.2) is 0 Å². The van der Waals surface area contributed by atoms with Crippen LogP contribution in [-0.2, 0) is 0 Å². The van der Waals surface area contributed by atoms with Gasteiger partial charge in [0, 0.05) is 13.1 Å². The number of rotatable bonds is 6. The maximum atomic E-state index is 10.4. The van der Waals surface area contributed by atoms with Gasteiger partial charge >= 0.3 is 0 Å². The van der Waals surface area contributed by atoms with Crippen molar-refractivity contribution in [3.8, 4) is 5.75 Å². The fraction of sp³-hybridized carbons (Fsp3) is 0.667. The van der Waals surface area contributed by atoms with Crippen LogP contribution in [0, 0.1) is 17.8 Å². The van der Waals surface area contributed by atoms with Crippen molar-refractivity contribution in [3.63, 3.8) is 0 Å². The van der Waals surface area contributed by atoms with E-state index in [0.29, 0.717) is 6.54 Å². The number of methoxy groups -OCH3 is 1. The molecule has 2 fully saturated rings. The number of aliphatic hydroxyl groups is 1. The number of hydrogen-bond acceptors (Lipinski definition) is 3. The van der Waals surface area contributed by atoms with E-state index in [1.54, 1.807) is 7.11 Å². The molecule has 4 unspecified atom stereocenters. The molecule has 1 N–H and O–H groups in total. The van der Waals surface area contributed by atoms with Gasteiger partial charge in [0.2, 0.25) is 0 Å². The molecule has 116 valence electrons. The number of ether oxygens (including phenoxy) is 1. The Morgan fingerprint density at radius 1 is 1.33 bits per heavy atom. The van der Waals surface area contributed by atoms with Gasteiger partial charge in [0.25, 0.3) is 0 Å². The Morgan fingerprint density at radius 3 is 2.86 bits per heavy atom. The van der Waals surface area contributed by atoms with Crippen LogP contribution >= 0.6 is 0 Å². The van der Waals surface area contributed by atoms with E-state index in [4.69, 9.17) is 4.74 Å². The van der Waals surface area contributed by atoms with Crippen LogP contribution in [0.25, 0.3) is 0 Å². The Bertz CT molecular complexity index is 476. The summed E-state index contributed by atoms with van der Waals surface area (Å²) in [6.45, 7) is 1.82. The third kappa shape index (κ3) is 3.41. The zero-order valence-electron chi connectivity index (χ0n) is 13.2. The summed E-state index contributed by atoms with van der Waals surface area (Å²) in [5, 5.41) is 10.4. The van der Waals surface area contributed by atoms with E-state index in [1.807, 2.05) is 24.3 Å². The van der Waals surface area contributed by atoms with Gasteiger partial charge < -0.3 is 14.7 Å². The summed E-state index contributed by atoms with van der Waals surface area (Å²) in [7, 11) is 3.79. The van der Waals surface area contributed by atoms with E-state index < -0.39 is 6.10 Å². The van der Waals surface area contributed by atoms with Crippen molar-refractivity contribution in [2.24, 2.45) is 17.8 Å². The Labute approximate surface area is 127 Å². The highest BCUT2D eigenvalue weighted by atomic mass is 16.5. The molecule has 2 bridgehead atoms. The van der Waals surface area contributed by atoms with Gasteiger partial charge in [-0.2, -0.15) is 0 Å². The Kier molecular flexibility index (Phi) is 4.51. The second-order valence-electron chi connectivity index (χ2n) is 6.95. The molecule has 0 aliphatic heterocycles. The largest absolute Gasteiger partial charge is 0.497 e. The van der Waals surface area contributed by atoms with Gasteiger partial charge in [0.1, 0.15) is 5.75 Å². The maximum absolute atomic E-state index is 10.4. The molecule has 1 aromatic carbocycles. The van der Waals surface area contributed by atoms with Gasteiger partial charge in [0.05, 0.1) is 13.2 Å². The number of fused-ring (bicyclic) bond motifs is 2. The smallest absolute Gasteiger partial charge is 0.119 e. The molecule has 3 heteroatoms. The van der Waals surface area contributed by atoms with E-state index in [9.17, 15) is 5.11 Å². The molecule has 2 aliphatic rings. The van der Waals surface area contributed by atoms with Crippen molar-refractivity contribution in [3.05, 3.63) is 29.8 Å². The van der Waals surface area contributed by atoms with E-state index in [-0.39, 0.29) is 0 Å². The first-order valence-electron chi connectivity index (χ1n) is 8.16. The zero-order chi connectivity index (χ0) is 14.8. The average Bonchev–Trinajstić information content (AvgIpc) is 3.09. The highest BCUT2D eigenvalue weighted by Gasteiger charge is 2.39. The highest BCUT2D eigenvalue weighted by Crippen LogP contribution is 2.48. The Morgan fingerprint density at radius 2 is 2.19 bits per heavy atom. The van der Waals surface area contributed by atoms with E-state index in [0.717, 1.165) is 35.6 Å². The van der Waals surface area contributed by atoms with E-state index >= 15 is 0 Å². The third-order valence-electron chi connectivity index (χ3n) is 5.39. The number of hydrogen-bond donors (Lipinski definition) is 1. The van der Waals surface area contributed by atoms with Crippen LogP contribution in [0.3, 0.4) is 0 Å². The molecule has 0 radical (unpaired) electrons. The fourth-order valence-electron chi connectivity index (χ4n) is 4.32. The minimum absolute atomic E-state index is 0.441. The van der Waals surface area contributed by atoms with Crippen LogP contribution in [0.5, 0.6) is 5.75 Å². The molecule has 0 heterocycles. The normalized spacial score (nSPS) is 29.0. The lowest BCUT2D eigenvalue weighted by atomic mass is 9.88. The van der Waals surface area contributed by atoms with Crippen molar-refractivity contribution >= 4 is 0 Å². The van der Waals surface area contributed by atoms with Gasteiger partial charge in [-0.15, -0.1) is 0 Å². The minimum atomic E-state index is -0.441. The molecule has 0 saturated heterocycles. The predicted molar refractivity (Wildman–Crippen MR) is 84.4 cm³/mol. The van der Waals surface area contributed by atoms with Crippen LogP contribution in [0.1, 0.15) is 37.4 Å². The van der Waals surface area contributed by atoms with Crippen LogP contribution < -0.4 is 4.74 Å². The number of likely N-dealkylation sites (N-methyl/N-ethyl adjacent to an activating group) is 1. The van der Waals surface area contributed by atoms with Gasteiger partial charge in [-0.1, -0.05) is 18.6 Å². The topological polar surface area (TPSA) is 32.7 Å². The third-order valence-corrected chi connectivity index (χ3v) is 5.39. The summed E-state index contributed by atoms with van der Waals surface area (Å²) in [4.78, 5) is 2.30. The summed E-state index contributed by atoms with van der Waals surface area (Å²) in [6.07, 6.45) is 5.31. The van der Waals surface area contributed by atoms with E-state index in [1.165, 1.54) is 25.7 Å². The molecule has 4 atom stereocenters. The summed E-state index contributed by atoms with van der Waals surface area (Å²) in [6, 6.07) is 7.75. The van der Waals surface area contributed by atoms with Gasteiger partial charge in [-0.3, -0.25) is 0 Å². The lowest BCUT2D eigenvalue weighted by molar-refractivity contribution is 0.110. The molecular formula is C18H27NO2. The molecule has 0 amide bonds. The van der Waals surface area contributed by atoms with Crippen molar-refractivity contribution in [2.45, 2.75) is 31.8 Å². The van der Waals surface area contributed by atoms with Crippen LogP contribution in [0.4, 0.5) is 0 Å². The van der Waals surface area contributed by atoms with Crippen molar-refractivity contribution in [1.82, 2.24) is 4.90 Å². The molecule has 1 aromatic rings. The second-order valence-corrected chi connectivity index (χ2v) is 6.95. The van der Waals surface area contributed by atoms with Gasteiger partial charge in [-0.05, 0) is 61.8 Å². The predicted octanol–water partition coefficient (Wildman–Crippen LogP) is 3.10. The zero-order valence-corrected chi connectivity index (χ0v) is 13.2. The van der Waals surface area contributed by atoms with Crippen molar-refractivity contribution in [2.75, 3.05) is 27.2 Å². The molecular weight excluding hydrogens is 262 g/mol. The lowest BCUT2D eigenvalue weighted by Crippen LogP contribution is -2.32. The Balaban J connectivity index is 1.53. The first-order chi connectivity index (χ1) is 10.2. The first kappa shape index (κ1) is 14.9. The molecule has 3 rings (SSSR count). The van der Waals surface area contributed by atoms with Crippen LogP contribution in [0.2, 0.25) is 0 Å². The molecule has 0 spiro atoms. The quantitative estimate of drug-likeness (QED) is 0.873. The SMILES string of the molecule is COc1cccc(C(O)CN(C)CC2CC3CCC2C3)c1. The first-order valence-corrected chi connectivity index (χ1v) is 8.16. The number of aliphatic hydroxyl groups excluding tert-OH is 1. The fourth-order valence-corrected chi connectivity index (χ4v) is 4.32. The highest BCUT2D eigenvalue weighted by molar-refractivity contribution is 5.29. The standard InChI is InChI=1S/C18H27NO2/c1-19(11-16-9-13-6-7-14(16)8-13)12-18(20)15-4-3-5-17(10-15)21-2/h3-5,10,13-14,16,18,20H,6-9,11-12H2,1-2H3. The summed E-state index contributed by atoms with van der Waals surface area (Å²) in [5.41, 5.74) is 0.939. The average molecular weight is 289 g/mol. The molecule has 2 saturated carbocycles. The molecule has 21 heavy (non-hydrogen) atoms. The van der Waals surface area contributed by atoms with E-state index in [2.05, 4.69) is 11.9 Å². The van der Waals surface area contributed by atoms with Crippen LogP contribution in [-0.4, -0.2) is 37.3 Å². The lowest BCUT2D eigenvalue weighted by Gasteiger charge is -2.28. The van der Waals surface area contributed by atoms with Crippen LogP contribution in [0.15, 0.2) is 24.3 Å². The van der Waals surface area contributed by atoms with Crippen molar-refractivity contribution in [1.29, 1.82) is 0 Å². The molecule has 2 aliphatic carbocycles. The summed E-state index contributed by atoms with van der Waals surface area (Å²) >= 11 is 0.